The monoisotopic (exact) mass is 466 g/mol. The molecular weight excluding hydrogens is 440 g/mol. The summed E-state index contributed by atoms with van der Waals surface area (Å²) in [4.78, 5) is 54.5. The average Bonchev–Trinajstić information content (AvgIpc) is 2.83. The number of nitrogens with zero attached hydrogens (tertiary/aromatic N) is 2. The first-order chi connectivity index (χ1) is 16.2. The van der Waals surface area contributed by atoms with Crippen LogP contribution in [0.25, 0.3) is 0 Å². The fourth-order valence-electron chi connectivity index (χ4n) is 4.11. The predicted octanol–water partition coefficient (Wildman–Crippen LogP) is 0.204. The number of nitrogen functional groups attached to an aromatic ring is 1. The average molecular weight is 466 g/mol. The Hall–Kier alpha value is -4.28. The van der Waals surface area contributed by atoms with Gasteiger partial charge in [0.2, 0.25) is 0 Å². The maximum atomic E-state index is 12.7. The number of aliphatic carboxylic acids is 1. The summed E-state index contributed by atoms with van der Waals surface area (Å²) < 4.78 is 0. The second-order valence-electron chi connectivity index (χ2n) is 7.90. The Balaban J connectivity index is 1.78. The Morgan fingerprint density at radius 2 is 1.79 bits per heavy atom. The van der Waals surface area contributed by atoms with Gasteiger partial charge in [0.15, 0.2) is 0 Å². The highest BCUT2D eigenvalue weighted by molar-refractivity contribution is 6.35. The largest absolute Gasteiger partial charge is 0.481 e. The summed E-state index contributed by atoms with van der Waals surface area (Å²) in [6.07, 6.45) is 3.15. The van der Waals surface area contributed by atoms with Crippen molar-refractivity contribution in [2.24, 2.45) is 5.73 Å². The first-order valence-corrected chi connectivity index (χ1v) is 10.7. The number of pyridine rings is 1. The summed E-state index contributed by atoms with van der Waals surface area (Å²) in [5.74, 6) is -3.13. The molecule has 0 bridgehead atoms. The third-order valence-corrected chi connectivity index (χ3v) is 5.75. The highest BCUT2D eigenvalue weighted by Gasteiger charge is 2.45. The number of aromatic nitrogens is 1. The van der Waals surface area contributed by atoms with Crippen molar-refractivity contribution in [3.05, 3.63) is 65.5 Å². The molecule has 3 rings (SSSR count). The zero-order valence-corrected chi connectivity index (χ0v) is 18.4. The van der Waals surface area contributed by atoms with Gasteiger partial charge in [0.05, 0.1) is 12.0 Å². The van der Waals surface area contributed by atoms with Crippen molar-refractivity contribution in [3.63, 3.8) is 0 Å². The van der Waals surface area contributed by atoms with E-state index in [1.807, 2.05) is 0 Å². The molecule has 1 aromatic carbocycles. The van der Waals surface area contributed by atoms with E-state index in [1.54, 1.807) is 36.4 Å². The van der Waals surface area contributed by atoms with Gasteiger partial charge >= 0.3 is 17.8 Å². The van der Waals surface area contributed by atoms with Gasteiger partial charge in [-0.1, -0.05) is 12.1 Å². The summed E-state index contributed by atoms with van der Waals surface area (Å²) in [6.45, 7) is 0.590. The number of amidine groups is 1. The van der Waals surface area contributed by atoms with Gasteiger partial charge in [-0.2, -0.15) is 0 Å². The molecule has 0 aliphatic carbocycles. The van der Waals surface area contributed by atoms with Crippen LogP contribution in [0.15, 0.2) is 48.8 Å². The van der Waals surface area contributed by atoms with Crippen LogP contribution in [0.2, 0.25) is 0 Å². The van der Waals surface area contributed by atoms with Gasteiger partial charge in [-0.15, -0.1) is 0 Å². The normalized spacial score (nSPS) is 15.2. The molecule has 2 heterocycles. The molecule has 0 radical (unpaired) electrons. The van der Waals surface area contributed by atoms with Gasteiger partial charge in [0.1, 0.15) is 5.84 Å². The summed E-state index contributed by atoms with van der Waals surface area (Å²) >= 11 is 0. The number of rotatable bonds is 10. The minimum absolute atomic E-state index is 0.0984. The molecule has 1 saturated heterocycles. The molecule has 1 aromatic heterocycles. The third-order valence-electron chi connectivity index (χ3n) is 5.75. The molecule has 11 nitrogen and oxygen atoms in total. The highest BCUT2D eigenvalue weighted by atomic mass is 16.4. The van der Waals surface area contributed by atoms with Gasteiger partial charge in [0, 0.05) is 43.2 Å². The molecule has 3 amide bonds. The van der Waals surface area contributed by atoms with E-state index in [2.05, 4.69) is 15.6 Å². The Morgan fingerprint density at radius 1 is 1.15 bits per heavy atom. The number of carboxylic acid groups (broad SMARTS) is 1. The molecule has 1 aliphatic heterocycles. The molecule has 0 saturated carbocycles. The first-order valence-electron chi connectivity index (χ1n) is 10.7. The summed E-state index contributed by atoms with van der Waals surface area (Å²) in [5.41, 5.74) is 5.59. The summed E-state index contributed by atoms with van der Waals surface area (Å²) in [6, 6.07) is 9.54. The predicted molar refractivity (Wildman–Crippen MR) is 122 cm³/mol. The first kappa shape index (κ1) is 24.4. The minimum atomic E-state index is -1.28. The number of benzene rings is 1. The molecule has 1 unspecified atom stereocenters. The smallest absolute Gasteiger partial charge is 0.312 e. The Bertz CT molecular complexity index is 1090. The number of carbonyl (C=O) groups excluding carboxylic acids is 3. The van der Waals surface area contributed by atoms with Crippen molar-refractivity contribution in [1.82, 2.24) is 20.5 Å². The minimum Gasteiger partial charge on any atom is -0.481 e. The van der Waals surface area contributed by atoms with E-state index in [4.69, 9.17) is 11.1 Å². The van der Waals surface area contributed by atoms with Crippen LogP contribution in [-0.2, 0) is 19.9 Å². The SMILES string of the molecule is N=C(N)c1ccc(C(=O)NCCCC(CC(=O)O)(c2ccncc2)N2CCNC(=O)C2=O)cc1. The number of hydrogen-bond acceptors (Lipinski definition) is 6. The van der Waals surface area contributed by atoms with E-state index in [0.29, 0.717) is 23.1 Å². The van der Waals surface area contributed by atoms with Crippen LogP contribution in [0.5, 0.6) is 0 Å². The van der Waals surface area contributed by atoms with Crippen molar-refractivity contribution >= 4 is 29.5 Å². The van der Waals surface area contributed by atoms with Crippen LogP contribution in [0.3, 0.4) is 0 Å². The molecule has 1 atom stereocenters. The van der Waals surface area contributed by atoms with Crippen molar-refractivity contribution in [2.45, 2.75) is 24.8 Å². The Labute approximate surface area is 195 Å². The highest BCUT2D eigenvalue weighted by Crippen LogP contribution is 2.37. The van der Waals surface area contributed by atoms with E-state index in [1.165, 1.54) is 17.3 Å². The van der Waals surface area contributed by atoms with Gasteiger partial charge in [-0.3, -0.25) is 29.6 Å². The quantitative estimate of drug-likeness (QED) is 0.144. The number of piperazine rings is 1. The van der Waals surface area contributed by atoms with E-state index in [0.717, 1.165) is 0 Å². The van der Waals surface area contributed by atoms with E-state index in [-0.39, 0.29) is 37.8 Å². The number of nitrogens with two attached hydrogens (primary N) is 1. The number of carbonyl (C=O) groups is 4. The summed E-state index contributed by atoms with van der Waals surface area (Å²) in [5, 5.41) is 22.4. The maximum Gasteiger partial charge on any atom is 0.312 e. The molecule has 6 N–H and O–H groups in total. The molecule has 1 aliphatic rings. The molecule has 0 spiro atoms. The maximum absolute atomic E-state index is 12.7. The zero-order valence-electron chi connectivity index (χ0n) is 18.4. The van der Waals surface area contributed by atoms with Crippen LogP contribution in [-0.4, -0.2) is 64.2 Å². The molecule has 1 fully saturated rings. The van der Waals surface area contributed by atoms with Gasteiger partial charge in [0.25, 0.3) is 5.91 Å². The summed E-state index contributed by atoms with van der Waals surface area (Å²) in [7, 11) is 0. The Kier molecular flexibility index (Phi) is 7.57. The van der Waals surface area contributed by atoms with Crippen molar-refractivity contribution in [2.75, 3.05) is 19.6 Å². The van der Waals surface area contributed by atoms with E-state index >= 15 is 0 Å². The standard InChI is InChI=1S/C23H26N6O5/c24-19(25)15-2-4-16(5-3-15)20(32)27-9-1-8-23(14-18(30)31,17-6-10-26-11-7-17)29-13-12-28-21(33)22(29)34/h2-7,10-11H,1,8-9,12-14H2,(H3,24,25)(H,27,32)(H,28,33)(H,30,31). The lowest BCUT2D eigenvalue weighted by molar-refractivity contribution is -0.157. The number of nitrogens with one attached hydrogen (secondary N) is 3. The fraction of sp³-hybridized carbons (Fsp3) is 0.304. The van der Waals surface area contributed by atoms with Crippen molar-refractivity contribution in [3.8, 4) is 0 Å². The van der Waals surface area contributed by atoms with Gasteiger partial charge < -0.3 is 26.4 Å². The van der Waals surface area contributed by atoms with E-state index < -0.39 is 29.7 Å². The van der Waals surface area contributed by atoms with Crippen LogP contribution < -0.4 is 16.4 Å². The van der Waals surface area contributed by atoms with E-state index in [9.17, 15) is 24.3 Å². The topological polar surface area (TPSA) is 179 Å². The molecule has 2 aromatic rings. The molecular formula is C23H26N6O5. The van der Waals surface area contributed by atoms with Gasteiger partial charge in [-0.05, 0) is 42.7 Å². The van der Waals surface area contributed by atoms with Crippen LogP contribution >= 0.6 is 0 Å². The van der Waals surface area contributed by atoms with Crippen molar-refractivity contribution < 1.29 is 24.3 Å². The van der Waals surface area contributed by atoms with Gasteiger partial charge in [-0.25, -0.2) is 0 Å². The number of amides is 3. The third kappa shape index (κ3) is 5.37. The van der Waals surface area contributed by atoms with Crippen LogP contribution in [0, 0.1) is 5.41 Å². The number of carboxylic acids is 1. The lowest BCUT2D eigenvalue weighted by Gasteiger charge is -2.45. The second kappa shape index (κ2) is 10.6. The lowest BCUT2D eigenvalue weighted by Crippen LogP contribution is -2.60. The second-order valence-corrected chi connectivity index (χ2v) is 7.90. The Morgan fingerprint density at radius 3 is 2.41 bits per heavy atom. The van der Waals surface area contributed by atoms with Crippen LogP contribution in [0.1, 0.15) is 40.7 Å². The van der Waals surface area contributed by atoms with Crippen molar-refractivity contribution in [1.29, 1.82) is 5.41 Å². The lowest BCUT2D eigenvalue weighted by atomic mass is 9.80. The number of hydrogen-bond donors (Lipinski definition) is 5. The van der Waals surface area contributed by atoms with Crippen LogP contribution in [0.4, 0.5) is 0 Å². The molecule has 11 heteroatoms. The molecule has 178 valence electrons. The fourth-order valence-corrected chi connectivity index (χ4v) is 4.11. The zero-order chi connectivity index (χ0) is 24.7. The molecule has 34 heavy (non-hydrogen) atoms.